The second-order valence-electron chi connectivity index (χ2n) is 3.79. The number of nitro groups is 1. The Bertz CT molecular complexity index is 477. The number of aliphatic imine (C=N–C) groups is 1. The Kier molecular flexibility index (Phi) is 9.35. The number of nitro benzene ring substituents is 1. The molecule has 0 bridgehead atoms. The highest BCUT2D eigenvalue weighted by Gasteiger charge is 2.05. The lowest BCUT2D eigenvalue weighted by molar-refractivity contribution is -0.384. The summed E-state index contributed by atoms with van der Waals surface area (Å²) in [5.74, 6) is 0.661. The van der Waals surface area contributed by atoms with Gasteiger partial charge < -0.3 is 10.6 Å². The highest BCUT2D eigenvalue weighted by Crippen LogP contribution is 2.13. The summed E-state index contributed by atoms with van der Waals surface area (Å²) in [7, 11) is 0. The molecule has 1 aromatic rings. The van der Waals surface area contributed by atoms with E-state index in [4.69, 9.17) is 0 Å². The topological polar surface area (TPSA) is 79.6 Å². The predicted molar refractivity (Wildman–Crippen MR) is 91.5 cm³/mol. The maximum absolute atomic E-state index is 10.7. The largest absolute Gasteiger partial charge is 0.357 e. The van der Waals surface area contributed by atoms with Crippen molar-refractivity contribution < 1.29 is 4.92 Å². The first-order valence-electron chi connectivity index (χ1n) is 6.03. The van der Waals surface area contributed by atoms with Crippen LogP contribution in [-0.2, 0) is 6.54 Å². The molecule has 0 heterocycles. The van der Waals surface area contributed by atoms with Gasteiger partial charge in [0.2, 0.25) is 0 Å². The molecule has 0 spiro atoms. The van der Waals surface area contributed by atoms with E-state index < -0.39 is 4.92 Å². The van der Waals surface area contributed by atoms with Crippen LogP contribution >= 0.6 is 24.0 Å². The lowest BCUT2D eigenvalue weighted by Gasteiger charge is -2.09. The Hall–Kier alpha value is -1.64. The van der Waals surface area contributed by atoms with Gasteiger partial charge in [-0.15, -0.1) is 30.6 Å². The Labute approximate surface area is 135 Å². The highest BCUT2D eigenvalue weighted by molar-refractivity contribution is 14.0. The number of halogens is 1. The van der Waals surface area contributed by atoms with Crippen LogP contribution in [0.25, 0.3) is 0 Å². The molecule has 1 aromatic carbocycles. The molecule has 0 radical (unpaired) electrons. The fraction of sp³-hybridized carbons (Fsp3) is 0.308. The SMILES string of the molecule is C=CCNC(=NCc1cccc([N+](=O)[O-])c1)NCC.I. The smallest absolute Gasteiger partial charge is 0.269 e. The first-order chi connectivity index (χ1) is 9.17. The molecule has 110 valence electrons. The third-order valence-electron chi connectivity index (χ3n) is 2.30. The quantitative estimate of drug-likeness (QED) is 0.195. The lowest BCUT2D eigenvalue weighted by atomic mass is 10.2. The number of non-ortho nitro benzene ring substituents is 1. The van der Waals surface area contributed by atoms with Gasteiger partial charge in [0.25, 0.3) is 5.69 Å². The summed E-state index contributed by atoms with van der Waals surface area (Å²) >= 11 is 0. The minimum absolute atomic E-state index is 0. The van der Waals surface area contributed by atoms with Gasteiger partial charge in [0, 0.05) is 25.2 Å². The summed E-state index contributed by atoms with van der Waals surface area (Å²) in [6.45, 7) is 7.34. The minimum Gasteiger partial charge on any atom is -0.357 e. The number of guanidine groups is 1. The van der Waals surface area contributed by atoms with Crippen molar-refractivity contribution in [2.45, 2.75) is 13.5 Å². The summed E-state index contributed by atoms with van der Waals surface area (Å²) in [5, 5.41) is 16.8. The maximum Gasteiger partial charge on any atom is 0.269 e. The standard InChI is InChI=1S/C13H18N4O2.HI/c1-3-8-15-13(14-4-2)16-10-11-6-5-7-12(9-11)17(18)19;/h3,5-7,9H,1,4,8,10H2,2H3,(H2,14,15,16);1H. The molecule has 0 saturated heterocycles. The molecule has 7 heteroatoms. The van der Waals surface area contributed by atoms with Gasteiger partial charge in [-0.1, -0.05) is 18.2 Å². The Morgan fingerprint density at radius 2 is 2.25 bits per heavy atom. The van der Waals surface area contributed by atoms with Gasteiger partial charge >= 0.3 is 0 Å². The average Bonchev–Trinajstić information content (AvgIpc) is 2.42. The summed E-state index contributed by atoms with van der Waals surface area (Å²) in [6.07, 6.45) is 1.74. The van der Waals surface area contributed by atoms with Crippen molar-refractivity contribution in [1.29, 1.82) is 0 Å². The van der Waals surface area contributed by atoms with Crippen LogP contribution in [0.3, 0.4) is 0 Å². The number of nitrogens with zero attached hydrogens (tertiary/aromatic N) is 2. The van der Waals surface area contributed by atoms with Crippen molar-refractivity contribution in [2.75, 3.05) is 13.1 Å². The molecule has 1 rings (SSSR count). The molecule has 0 aliphatic carbocycles. The lowest BCUT2D eigenvalue weighted by Crippen LogP contribution is -2.37. The second kappa shape index (κ2) is 10.2. The van der Waals surface area contributed by atoms with Crippen LogP contribution < -0.4 is 10.6 Å². The van der Waals surface area contributed by atoms with Crippen molar-refractivity contribution in [2.24, 2.45) is 4.99 Å². The van der Waals surface area contributed by atoms with Crippen LogP contribution in [0, 0.1) is 10.1 Å². The molecule has 0 aromatic heterocycles. The van der Waals surface area contributed by atoms with Gasteiger partial charge in [-0.2, -0.15) is 0 Å². The molecule has 6 nitrogen and oxygen atoms in total. The molecule has 20 heavy (non-hydrogen) atoms. The summed E-state index contributed by atoms with van der Waals surface area (Å²) in [6, 6.07) is 6.47. The minimum atomic E-state index is -0.408. The highest BCUT2D eigenvalue weighted by atomic mass is 127. The van der Waals surface area contributed by atoms with E-state index in [1.54, 1.807) is 12.1 Å². The van der Waals surface area contributed by atoms with Gasteiger partial charge in [0.15, 0.2) is 5.96 Å². The Balaban J connectivity index is 0.00000361. The summed E-state index contributed by atoms with van der Waals surface area (Å²) < 4.78 is 0. The van der Waals surface area contributed by atoms with Crippen LogP contribution in [0.1, 0.15) is 12.5 Å². The Morgan fingerprint density at radius 1 is 1.50 bits per heavy atom. The van der Waals surface area contributed by atoms with Crippen molar-refractivity contribution in [3.8, 4) is 0 Å². The maximum atomic E-state index is 10.7. The third-order valence-corrected chi connectivity index (χ3v) is 2.30. The van der Waals surface area contributed by atoms with E-state index in [1.165, 1.54) is 12.1 Å². The van der Waals surface area contributed by atoms with E-state index >= 15 is 0 Å². The predicted octanol–water partition coefficient (Wildman–Crippen LogP) is 2.45. The number of benzene rings is 1. The van der Waals surface area contributed by atoms with Crippen LogP contribution in [0.2, 0.25) is 0 Å². The number of rotatable bonds is 6. The van der Waals surface area contributed by atoms with Crippen LogP contribution in [-0.4, -0.2) is 24.0 Å². The first kappa shape index (κ1) is 18.4. The van der Waals surface area contributed by atoms with Crippen LogP contribution in [0.15, 0.2) is 41.9 Å². The molecular weight excluding hydrogens is 371 g/mol. The zero-order valence-corrected chi connectivity index (χ0v) is 13.7. The van der Waals surface area contributed by atoms with Gasteiger partial charge in [0.1, 0.15) is 0 Å². The molecule has 0 aliphatic rings. The van der Waals surface area contributed by atoms with E-state index in [2.05, 4.69) is 22.2 Å². The van der Waals surface area contributed by atoms with E-state index in [0.29, 0.717) is 19.0 Å². The average molecular weight is 390 g/mol. The van der Waals surface area contributed by atoms with E-state index in [-0.39, 0.29) is 29.7 Å². The molecule has 0 fully saturated rings. The third kappa shape index (κ3) is 6.50. The molecule has 0 unspecified atom stereocenters. The van der Waals surface area contributed by atoms with Crippen LogP contribution in [0.5, 0.6) is 0 Å². The van der Waals surface area contributed by atoms with Gasteiger partial charge in [-0.3, -0.25) is 10.1 Å². The van der Waals surface area contributed by atoms with E-state index in [1.807, 2.05) is 13.0 Å². The number of hydrogen-bond acceptors (Lipinski definition) is 3. The summed E-state index contributed by atoms with van der Waals surface area (Å²) in [5.41, 5.74) is 0.877. The summed E-state index contributed by atoms with van der Waals surface area (Å²) in [4.78, 5) is 14.6. The zero-order chi connectivity index (χ0) is 14.1. The fourth-order valence-electron chi connectivity index (χ4n) is 1.45. The second-order valence-corrected chi connectivity index (χ2v) is 3.79. The molecular formula is C13H19IN4O2. The van der Waals surface area contributed by atoms with Crippen molar-refractivity contribution in [1.82, 2.24) is 10.6 Å². The van der Waals surface area contributed by atoms with E-state index in [9.17, 15) is 10.1 Å². The van der Waals surface area contributed by atoms with Gasteiger partial charge in [0.05, 0.1) is 11.5 Å². The number of hydrogen-bond donors (Lipinski definition) is 2. The molecule has 0 saturated carbocycles. The molecule has 0 aliphatic heterocycles. The van der Waals surface area contributed by atoms with E-state index in [0.717, 1.165) is 12.1 Å². The van der Waals surface area contributed by atoms with Gasteiger partial charge in [-0.25, -0.2) is 4.99 Å². The molecule has 0 atom stereocenters. The number of nitrogens with one attached hydrogen (secondary N) is 2. The zero-order valence-electron chi connectivity index (χ0n) is 11.3. The molecule has 0 amide bonds. The van der Waals surface area contributed by atoms with Gasteiger partial charge in [-0.05, 0) is 12.5 Å². The van der Waals surface area contributed by atoms with Crippen molar-refractivity contribution in [3.05, 3.63) is 52.6 Å². The fourth-order valence-corrected chi connectivity index (χ4v) is 1.45. The van der Waals surface area contributed by atoms with Crippen molar-refractivity contribution >= 4 is 35.6 Å². The Morgan fingerprint density at radius 3 is 2.85 bits per heavy atom. The normalized spacial score (nSPS) is 10.3. The first-order valence-corrected chi connectivity index (χ1v) is 6.03. The molecule has 2 N–H and O–H groups in total. The monoisotopic (exact) mass is 390 g/mol. The van der Waals surface area contributed by atoms with Crippen molar-refractivity contribution in [3.63, 3.8) is 0 Å². The van der Waals surface area contributed by atoms with Crippen LogP contribution in [0.4, 0.5) is 5.69 Å².